The largest absolute Gasteiger partial charge is 0.468 e. The van der Waals surface area contributed by atoms with Gasteiger partial charge in [-0.1, -0.05) is 23.2 Å². The van der Waals surface area contributed by atoms with Crippen molar-refractivity contribution in [1.82, 2.24) is 5.32 Å². The van der Waals surface area contributed by atoms with Gasteiger partial charge in [0.05, 0.1) is 34.5 Å². The highest BCUT2D eigenvalue weighted by atomic mass is 35.5. The van der Waals surface area contributed by atoms with Crippen LogP contribution in [0.3, 0.4) is 0 Å². The number of carbonyl (C=O) groups excluding carboxylic acids is 2. The molecule has 0 aliphatic heterocycles. The van der Waals surface area contributed by atoms with E-state index in [0.717, 1.165) is 6.21 Å². The van der Waals surface area contributed by atoms with Crippen LogP contribution in [-0.4, -0.2) is 31.7 Å². The smallest absolute Gasteiger partial charge is 0.328 e. The summed E-state index contributed by atoms with van der Waals surface area (Å²) in [6.45, 7) is 2.17. The molecule has 0 saturated heterocycles. The van der Waals surface area contributed by atoms with Gasteiger partial charge in [0, 0.05) is 12.8 Å². The molecule has 116 valence electrons. The van der Waals surface area contributed by atoms with Crippen molar-refractivity contribution in [2.24, 2.45) is 10.9 Å². The number of hydrogen-bond donors (Lipinski definition) is 1. The Morgan fingerprint density at radius 2 is 2.18 bits per heavy atom. The number of hydrogen-bond acceptors (Lipinski definition) is 5. The van der Waals surface area contributed by atoms with Gasteiger partial charge in [-0.15, -0.1) is 0 Å². The second-order valence-corrected chi connectivity index (χ2v) is 4.81. The van der Waals surface area contributed by atoms with Gasteiger partial charge in [-0.25, -0.2) is 0 Å². The molecule has 0 heterocycles. The highest BCUT2D eigenvalue weighted by molar-refractivity contribution is 6.41. The molecule has 0 aliphatic carbocycles. The monoisotopic (exact) mass is 341 g/mol. The maximum atomic E-state index is 11.9. The Labute approximate surface area is 137 Å². The maximum Gasteiger partial charge on any atom is 0.328 e. The Morgan fingerprint density at radius 1 is 1.50 bits per heavy atom. The van der Waals surface area contributed by atoms with Gasteiger partial charge in [0.15, 0.2) is 5.92 Å². The molecule has 8 heteroatoms. The molecule has 0 aliphatic rings. The predicted molar refractivity (Wildman–Crippen MR) is 83.7 cm³/mol. The van der Waals surface area contributed by atoms with Crippen molar-refractivity contribution >= 4 is 47.0 Å². The number of nitrogens with one attached hydrogen (secondary N) is 1. The quantitative estimate of drug-likeness (QED) is 0.658. The number of esters is 1. The lowest BCUT2D eigenvalue weighted by molar-refractivity contribution is -0.141. The van der Waals surface area contributed by atoms with E-state index in [2.05, 4.69) is 15.0 Å². The third-order valence-electron chi connectivity index (χ3n) is 2.59. The van der Waals surface area contributed by atoms with Crippen LogP contribution < -0.4 is 5.32 Å². The number of rotatable bonds is 5. The SMILES string of the molecule is CCNC(=O)c1c(Cl)ccc(N=CC(C#N)C(=O)OC)c1Cl. The number of aliphatic imine (C=N–C) groups is 1. The van der Waals surface area contributed by atoms with Crippen molar-refractivity contribution in [2.45, 2.75) is 6.92 Å². The third kappa shape index (κ3) is 4.20. The van der Waals surface area contributed by atoms with E-state index < -0.39 is 17.8 Å². The van der Waals surface area contributed by atoms with Crippen LogP contribution in [0.5, 0.6) is 0 Å². The van der Waals surface area contributed by atoms with Crippen molar-refractivity contribution in [3.63, 3.8) is 0 Å². The van der Waals surface area contributed by atoms with E-state index in [9.17, 15) is 9.59 Å². The van der Waals surface area contributed by atoms with E-state index in [1.54, 1.807) is 13.0 Å². The zero-order valence-corrected chi connectivity index (χ0v) is 13.4. The highest BCUT2D eigenvalue weighted by Crippen LogP contribution is 2.33. The molecule has 1 aromatic carbocycles. The van der Waals surface area contributed by atoms with Crippen LogP contribution in [-0.2, 0) is 9.53 Å². The summed E-state index contributed by atoms with van der Waals surface area (Å²) in [5, 5.41) is 11.7. The van der Waals surface area contributed by atoms with Gasteiger partial charge in [-0.05, 0) is 19.1 Å². The van der Waals surface area contributed by atoms with E-state index in [1.807, 2.05) is 0 Å². The Balaban J connectivity index is 3.17. The first-order chi connectivity index (χ1) is 10.5. The number of amides is 1. The Kier molecular flexibility index (Phi) is 6.83. The minimum absolute atomic E-state index is 0.0382. The van der Waals surface area contributed by atoms with Crippen molar-refractivity contribution in [2.75, 3.05) is 13.7 Å². The molecule has 0 saturated carbocycles. The van der Waals surface area contributed by atoms with Crippen LogP contribution in [0.15, 0.2) is 17.1 Å². The highest BCUT2D eigenvalue weighted by Gasteiger charge is 2.19. The average molecular weight is 342 g/mol. The predicted octanol–water partition coefficient (Wildman–Crippen LogP) is 2.76. The summed E-state index contributed by atoms with van der Waals surface area (Å²) < 4.78 is 4.46. The molecule has 1 atom stereocenters. The molecule has 1 aromatic rings. The molecule has 0 radical (unpaired) electrons. The second-order valence-electron chi connectivity index (χ2n) is 4.02. The van der Waals surface area contributed by atoms with Gasteiger partial charge in [0.25, 0.3) is 5.91 Å². The first-order valence-electron chi connectivity index (χ1n) is 6.24. The number of benzene rings is 1. The van der Waals surface area contributed by atoms with Crippen molar-refractivity contribution in [3.05, 3.63) is 27.7 Å². The number of nitriles is 1. The van der Waals surface area contributed by atoms with Crippen LogP contribution >= 0.6 is 23.2 Å². The summed E-state index contributed by atoms with van der Waals surface area (Å²) in [4.78, 5) is 27.2. The minimum Gasteiger partial charge on any atom is -0.468 e. The molecule has 1 rings (SSSR count). The molecule has 1 amide bonds. The number of halogens is 2. The van der Waals surface area contributed by atoms with Crippen molar-refractivity contribution in [3.8, 4) is 6.07 Å². The van der Waals surface area contributed by atoms with Crippen molar-refractivity contribution in [1.29, 1.82) is 5.26 Å². The maximum absolute atomic E-state index is 11.9. The molecule has 0 bridgehead atoms. The summed E-state index contributed by atoms with van der Waals surface area (Å²) >= 11 is 12.1. The zero-order valence-electron chi connectivity index (χ0n) is 11.9. The number of methoxy groups -OCH3 is 1. The van der Waals surface area contributed by atoms with Gasteiger partial charge in [0.1, 0.15) is 0 Å². The third-order valence-corrected chi connectivity index (χ3v) is 3.29. The van der Waals surface area contributed by atoms with Crippen LogP contribution in [0.25, 0.3) is 0 Å². The molecule has 0 aromatic heterocycles. The van der Waals surface area contributed by atoms with Gasteiger partial charge < -0.3 is 10.1 Å². The fourth-order valence-corrected chi connectivity index (χ4v) is 2.12. The Hall–Kier alpha value is -2.10. The standard InChI is InChI=1S/C14H13Cl2N3O3/c1-3-18-13(20)11-9(15)4-5-10(12(11)16)19-7-8(6-17)14(21)22-2/h4-5,7-8H,3H2,1-2H3,(H,18,20). The number of nitrogens with zero attached hydrogens (tertiary/aromatic N) is 2. The molecular formula is C14H13Cl2N3O3. The second kappa shape index (κ2) is 8.37. The molecule has 0 fully saturated rings. The first kappa shape index (κ1) is 18.0. The van der Waals surface area contributed by atoms with E-state index >= 15 is 0 Å². The fourth-order valence-electron chi connectivity index (χ4n) is 1.53. The molecule has 0 spiro atoms. The molecule has 6 nitrogen and oxygen atoms in total. The summed E-state index contributed by atoms with van der Waals surface area (Å²) in [7, 11) is 1.17. The molecular weight excluding hydrogens is 329 g/mol. The van der Waals surface area contributed by atoms with E-state index in [4.69, 9.17) is 28.5 Å². The lowest BCUT2D eigenvalue weighted by atomic mass is 10.1. The molecule has 22 heavy (non-hydrogen) atoms. The van der Waals surface area contributed by atoms with Gasteiger partial charge in [-0.2, -0.15) is 5.26 Å². The lowest BCUT2D eigenvalue weighted by Gasteiger charge is -2.09. The van der Waals surface area contributed by atoms with Crippen LogP contribution in [0.2, 0.25) is 10.0 Å². The van der Waals surface area contributed by atoms with Crippen LogP contribution in [0.4, 0.5) is 5.69 Å². The van der Waals surface area contributed by atoms with Crippen molar-refractivity contribution < 1.29 is 14.3 Å². The van der Waals surface area contributed by atoms with Crippen LogP contribution in [0.1, 0.15) is 17.3 Å². The number of carbonyl (C=O) groups is 2. The van der Waals surface area contributed by atoms with E-state index in [1.165, 1.54) is 19.2 Å². The average Bonchev–Trinajstić information content (AvgIpc) is 2.49. The topological polar surface area (TPSA) is 91.5 Å². The van der Waals surface area contributed by atoms with Crippen LogP contribution in [0, 0.1) is 17.2 Å². The zero-order chi connectivity index (χ0) is 16.7. The number of ether oxygens (including phenoxy) is 1. The van der Waals surface area contributed by atoms with Gasteiger partial charge in [-0.3, -0.25) is 14.6 Å². The molecule has 1 unspecified atom stereocenters. The summed E-state index contributed by atoms with van der Waals surface area (Å²) in [6, 6.07) is 4.68. The van der Waals surface area contributed by atoms with Gasteiger partial charge in [0.2, 0.25) is 0 Å². The van der Waals surface area contributed by atoms with E-state index in [0.29, 0.717) is 6.54 Å². The summed E-state index contributed by atoms with van der Waals surface area (Å²) in [6.07, 6.45) is 1.10. The minimum atomic E-state index is -1.16. The first-order valence-corrected chi connectivity index (χ1v) is 6.99. The van der Waals surface area contributed by atoms with E-state index in [-0.39, 0.29) is 21.3 Å². The Morgan fingerprint density at radius 3 is 2.73 bits per heavy atom. The lowest BCUT2D eigenvalue weighted by Crippen LogP contribution is -2.23. The van der Waals surface area contributed by atoms with Gasteiger partial charge >= 0.3 is 5.97 Å². The Bertz CT molecular complexity index is 653. The normalized spacial score (nSPS) is 11.8. The summed E-state index contributed by atoms with van der Waals surface area (Å²) in [5.74, 6) is -2.33. The molecule has 1 N–H and O–H groups in total. The summed E-state index contributed by atoms with van der Waals surface area (Å²) in [5.41, 5.74) is 0.308. The fraction of sp³-hybridized carbons (Fsp3) is 0.286.